The predicted octanol–water partition coefficient (Wildman–Crippen LogP) is 2.20. The number of carbonyl (C=O) groups excluding carboxylic acids is 2. The van der Waals surface area contributed by atoms with Gasteiger partial charge < -0.3 is 14.8 Å². The number of nitrogens with zero attached hydrogens (tertiary/aromatic N) is 3. The van der Waals surface area contributed by atoms with Crippen molar-refractivity contribution in [3.05, 3.63) is 22.3 Å². The average molecular weight is 310 g/mol. The Kier molecular flexibility index (Phi) is 7.42. The van der Waals surface area contributed by atoms with Gasteiger partial charge in [0, 0.05) is 18.3 Å². The van der Waals surface area contributed by atoms with E-state index >= 15 is 0 Å². The minimum atomic E-state index is -0.669. The molecule has 0 aromatic carbocycles. The zero-order valence-electron chi connectivity index (χ0n) is 13.1. The fraction of sp³-hybridized carbons (Fsp3) is 0.714. The lowest BCUT2D eigenvalue weighted by molar-refractivity contribution is -0.128. The van der Waals surface area contributed by atoms with E-state index in [9.17, 15) is 9.59 Å². The van der Waals surface area contributed by atoms with Gasteiger partial charge in [-0.2, -0.15) is 0 Å². The Morgan fingerprint density at radius 1 is 1.59 bits per heavy atom. The number of azide groups is 1. The van der Waals surface area contributed by atoms with Crippen LogP contribution in [0.4, 0.5) is 0 Å². The minimum absolute atomic E-state index is 0.0172. The van der Waals surface area contributed by atoms with Crippen LogP contribution in [0.2, 0.25) is 0 Å². The van der Waals surface area contributed by atoms with E-state index in [1.54, 1.807) is 6.08 Å². The lowest BCUT2D eigenvalue weighted by atomic mass is 9.92. The molecule has 0 radical (unpaired) electrons. The highest BCUT2D eigenvalue weighted by atomic mass is 16.5. The molecule has 0 fully saturated rings. The lowest BCUT2D eigenvalue weighted by Gasteiger charge is -2.36. The van der Waals surface area contributed by atoms with Gasteiger partial charge in [-0.15, -0.1) is 0 Å². The van der Waals surface area contributed by atoms with Gasteiger partial charge in [0.1, 0.15) is 5.76 Å². The van der Waals surface area contributed by atoms with Crippen molar-refractivity contribution in [1.29, 1.82) is 0 Å². The van der Waals surface area contributed by atoms with E-state index < -0.39 is 18.2 Å². The van der Waals surface area contributed by atoms with Crippen molar-refractivity contribution >= 4 is 12.4 Å². The second-order valence-electron chi connectivity index (χ2n) is 5.09. The molecule has 22 heavy (non-hydrogen) atoms. The Hall–Kier alpha value is -2.05. The highest BCUT2D eigenvalue weighted by Crippen LogP contribution is 2.26. The molecule has 0 unspecified atom stereocenters. The van der Waals surface area contributed by atoms with Gasteiger partial charge in [0.2, 0.25) is 5.91 Å². The molecule has 0 bridgehead atoms. The molecule has 0 aliphatic heterocycles. The standard InChI is InChI=1S/C14H22N4O4/c1-4-10(5-2)22-13-7-11(21-8-19)6-12(17-18-15)14(13)16-9(3)20/h6,8,10,12-14H,4-5,7H2,1-3H3,(H,16,20)/t12-,13+,14+/m0/s1. The van der Waals surface area contributed by atoms with Crippen molar-refractivity contribution < 1.29 is 19.1 Å². The summed E-state index contributed by atoms with van der Waals surface area (Å²) in [5.41, 5.74) is 8.71. The summed E-state index contributed by atoms with van der Waals surface area (Å²) >= 11 is 0. The Morgan fingerprint density at radius 3 is 2.77 bits per heavy atom. The van der Waals surface area contributed by atoms with E-state index in [-0.39, 0.29) is 12.0 Å². The van der Waals surface area contributed by atoms with Crippen LogP contribution in [0.1, 0.15) is 40.0 Å². The van der Waals surface area contributed by atoms with Crippen LogP contribution in [-0.4, -0.2) is 36.7 Å². The molecule has 0 spiro atoms. The highest BCUT2D eigenvalue weighted by molar-refractivity contribution is 5.73. The Morgan fingerprint density at radius 2 is 2.27 bits per heavy atom. The first-order valence-electron chi connectivity index (χ1n) is 7.33. The molecule has 0 heterocycles. The molecule has 3 atom stereocenters. The summed E-state index contributed by atoms with van der Waals surface area (Å²) in [6.07, 6.45) is 3.10. The predicted molar refractivity (Wildman–Crippen MR) is 79.6 cm³/mol. The summed E-state index contributed by atoms with van der Waals surface area (Å²) in [6, 6.07) is -1.16. The quantitative estimate of drug-likeness (QED) is 0.320. The summed E-state index contributed by atoms with van der Waals surface area (Å²) in [7, 11) is 0. The molecule has 1 N–H and O–H groups in total. The first-order chi connectivity index (χ1) is 10.5. The molecular weight excluding hydrogens is 288 g/mol. The van der Waals surface area contributed by atoms with Gasteiger partial charge in [-0.3, -0.25) is 9.59 Å². The fourth-order valence-electron chi connectivity index (χ4n) is 2.50. The Balaban J connectivity index is 3.06. The van der Waals surface area contributed by atoms with E-state index in [2.05, 4.69) is 15.3 Å². The van der Waals surface area contributed by atoms with Crippen molar-refractivity contribution in [2.45, 2.75) is 64.3 Å². The Labute approximate surface area is 129 Å². The van der Waals surface area contributed by atoms with Gasteiger partial charge in [0.05, 0.1) is 24.3 Å². The van der Waals surface area contributed by atoms with Crippen LogP contribution in [-0.2, 0) is 19.1 Å². The van der Waals surface area contributed by atoms with Crippen LogP contribution in [0.5, 0.6) is 0 Å². The maximum Gasteiger partial charge on any atom is 0.298 e. The second-order valence-corrected chi connectivity index (χ2v) is 5.09. The molecule has 1 aliphatic carbocycles. The van der Waals surface area contributed by atoms with Crippen LogP contribution in [0.15, 0.2) is 16.9 Å². The number of amides is 1. The third-order valence-electron chi connectivity index (χ3n) is 3.56. The third kappa shape index (κ3) is 5.05. The third-order valence-corrected chi connectivity index (χ3v) is 3.56. The van der Waals surface area contributed by atoms with Crippen molar-refractivity contribution in [2.75, 3.05) is 0 Å². The van der Waals surface area contributed by atoms with Crippen molar-refractivity contribution in [2.24, 2.45) is 5.11 Å². The number of carbonyl (C=O) groups is 2. The molecule has 1 aliphatic rings. The largest absolute Gasteiger partial charge is 0.434 e. The lowest BCUT2D eigenvalue weighted by Crippen LogP contribution is -2.53. The Bertz CT molecular complexity index is 469. The summed E-state index contributed by atoms with van der Waals surface area (Å²) in [6.45, 7) is 5.73. The average Bonchev–Trinajstić information content (AvgIpc) is 2.48. The molecule has 0 saturated carbocycles. The fourth-order valence-corrected chi connectivity index (χ4v) is 2.50. The van der Waals surface area contributed by atoms with Crippen LogP contribution in [0, 0.1) is 0 Å². The first kappa shape index (κ1) is 18.0. The van der Waals surface area contributed by atoms with Gasteiger partial charge in [0.15, 0.2) is 0 Å². The molecule has 1 rings (SSSR count). The van der Waals surface area contributed by atoms with Gasteiger partial charge in [0.25, 0.3) is 6.47 Å². The normalized spacial score (nSPS) is 24.2. The van der Waals surface area contributed by atoms with Gasteiger partial charge >= 0.3 is 0 Å². The summed E-state index contributed by atoms with van der Waals surface area (Å²) in [5, 5.41) is 6.44. The molecule has 0 saturated heterocycles. The van der Waals surface area contributed by atoms with E-state index in [1.807, 2.05) is 13.8 Å². The number of rotatable bonds is 8. The van der Waals surface area contributed by atoms with E-state index in [0.29, 0.717) is 18.7 Å². The summed E-state index contributed by atoms with van der Waals surface area (Å²) in [5.74, 6) is 0.138. The molecular formula is C14H22N4O4. The molecule has 122 valence electrons. The zero-order chi connectivity index (χ0) is 16.5. The molecule has 0 aromatic heterocycles. The maximum absolute atomic E-state index is 11.4. The van der Waals surface area contributed by atoms with Gasteiger partial charge in [-0.05, 0) is 24.4 Å². The molecule has 8 heteroatoms. The highest BCUT2D eigenvalue weighted by Gasteiger charge is 2.36. The minimum Gasteiger partial charge on any atom is -0.434 e. The second kappa shape index (κ2) is 9.07. The summed E-state index contributed by atoms with van der Waals surface area (Å²) < 4.78 is 10.9. The number of hydrogen-bond acceptors (Lipinski definition) is 5. The van der Waals surface area contributed by atoms with Gasteiger partial charge in [-0.25, -0.2) is 0 Å². The van der Waals surface area contributed by atoms with Crippen LogP contribution >= 0.6 is 0 Å². The van der Waals surface area contributed by atoms with Crippen molar-refractivity contribution in [3.8, 4) is 0 Å². The monoisotopic (exact) mass is 310 g/mol. The number of ether oxygens (including phenoxy) is 2. The van der Waals surface area contributed by atoms with Crippen LogP contribution in [0.3, 0.4) is 0 Å². The van der Waals surface area contributed by atoms with Gasteiger partial charge in [-0.1, -0.05) is 19.0 Å². The topological polar surface area (TPSA) is 113 Å². The zero-order valence-corrected chi connectivity index (χ0v) is 13.1. The van der Waals surface area contributed by atoms with E-state index in [4.69, 9.17) is 15.0 Å². The maximum atomic E-state index is 11.4. The first-order valence-corrected chi connectivity index (χ1v) is 7.33. The molecule has 8 nitrogen and oxygen atoms in total. The molecule has 0 aromatic rings. The number of hydrogen-bond donors (Lipinski definition) is 1. The number of nitrogens with one attached hydrogen (secondary N) is 1. The van der Waals surface area contributed by atoms with Crippen LogP contribution in [0.25, 0.3) is 10.4 Å². The van der Waals surface area contributed by atoms with E-state index in [0.717, 1.165) is 12.8 Å². The van der Waals surface area contributed by atoms with Crippen LogP contribution < -0.4 is 5.32 Å². The smallest absolute Gasteiger partial charge is 0.298 e. The summed E-state index contributed by atoms with van der Waals surface area (Å²) in [4.78, 5) is 24.8. The van der Waals surface area contributed by atoms with Crippen molar-refractivity contribution in [3.63, 3.8) is 0 Å². The van der Waals surface area contributed by atoms with E-state index in [1.165, 1.54) is 6.92 Å². The molecule has 1 amide bonds. The van der Waals surface area contributed by atoms with Crippen molar-refractivity contribution in [1.82, 2.24) is 5.32 Å². The SMILES string of the molecule is CCC(CC)O[C@@H]1CC(OC=O)=C[C@H](N=[N+]=[N-])[C@H]1NC(C)=O.